The van der Waals surface area contributed by atoms with Crippen molar-refractivity contribution in [3.63, 3.8) is 0 Å². The maximum Gasteiger partial charge on any atom is 0.226 e. The van der Waals surface area contributed by atoms with E-state index < -0.39 is 11.6 Å². The maximum absolute atomic E-state index is 13.6. The van der Waals surface area contributed by atoms with Crippen LogP contribution in [0.15, 0.2) is 18.2 Å². The Kier molecular flexibility index (Phi) is 4.20. The van der Waals surface area contributed by atoms with Gasteiger partial charge in [-0.25, -0.2) is 8.78 Å². The topological polar surface area (TPSA) is 38.3 Å². The van der Waals surface area contributed by atoms with E-state index >= 15 is 0 Å². The van der Waals surface area contributed by atoms with E-state index in [2.05, 4.69) is 5.32 Å². The van der Waals surface area contributed by atoms with Crippen LogP contribution in [0.25, 0.3) is 0 Å². The van der Waals surface area contributed by atoms with Gasteiger partial charge in [-0.2, -0.15) is 0 Å². The van der Waals surface area contributed by atoms with Gasteiger partial charge in [0, 0.05) is 11.5 Å². The highest BCUT2D eigenvalue weighted by molar-refractivity contribution is 5.83. The Hall–Kier alpha value is -1.65. The molecule has 0 aromatic heterocycles. The summed E-state index contributed by atoms with van der Waals surface area (Å²) >= 11 is 0. The Morgan fingerprint density at radius 2 is 1.80 bits per heavy atom. The zero-order chi connectivity index (χ0) is 17.6. The van der Waals surface area contributed by atoms with Crippen LogP contribution in [0.3, 0.4) is 0 Å². The molecule has 0 heterocycles. The smallest absolute Gasteiger partial charge is 0.226 e. The Morgan fingerprint density at radius 3 is 2.36 bits per heavy atom. The standard InChI is InChI=1S/C20H25F2NO2/c1-12(11-25-18-3-2-16(21)7-17(18)22)23-19(24)20-8-13-4-14(9-20)6-15(5-13)10-20/h2-3,7,12-15H,4-6,8-11H2,1H3,(H,23,24). The van der Waals surface area contributed by atoms with Crippen molar-refractivity contribution in [2.45, 2.75) is 51.5 Å². The van der Waals surface area contributed by atoms with Crippen LogP contribution in [0, 0.1) is 34.8 Å². The Balaban J connectivity index is 1.34. The molecule has 5 rings (SSSR count). The molecule has 4 aliphatic rings. The molecular weight excluding hydrogens is 324 g/mol. The number of benzene rings is 1. The third-order valence-electron chi connectivity index (χ3n) is 6.28. The van der Waals surface area contributed by atoms with Crippen LogP contribution >= 0.6 is 0 Å². The Morgan fingerprint density at radius 1 is 1.20 bits per heavy atom. The van der Waals surface area contributed by atoms with Gasteiger partial charge >= 0.3 is 0 Å². The average Bonchev–Trinajstić information content (AvgIpc) is 2.52. The van der Waals surface area contributed by atoms with Gasteiger partial charge in [-0.15, -0.1) is 0 Å². The number of nitrogens with one attached hydrogen (secondary N) is 1. The summed E-state index contributed by atoms with van der Waals surface area (Å²) in [5.41, 5.74) is -0.190. The number of ether oxygens (including phenoxy) is 1. The van der Waals surface area contributed by atoms with Crippen molar-refractivity contribution in [1.29, 1.82) is 0 Å². The van der Waals surface area contributed by atoms with Gasteiger partial charge in [0.25, 0.3) is 0 Å². The Labute approximate surface area is 147 Å². The summed E-state index contributed by atoms with van der Waals surface area (Å²) in [7, 11) is 0. The second kappa shape index (κ2) is 6.26. The summed E-state index contributed by atoms with van der Waals surface area (Å²) in [5, 5.41) is 3.08. The van der Waals surface area contributed by atoms with Crippen molar-refractivity contribution in [3.8, 4) is 5.75 Å². The highest BCUT2D eigenvalue weighted by atomic mass is 19.1. The second-order valence-electron chi connectivity index (χ2n) is 8.46. The lowest BCUT2D eigenvalue weighted by Gasteiger charge is -2.55. The lowest BCUT2D eigenvalue weighted by Crippen LogP contribution is -2.55. The number of carbonyl (C=O) groups is 1. The first-order valence-electron chi connectivity index (χ1n) is 9.32. The molecule has 1 unspecified atom stereocenters. The second-order valence-corrected chi connectivity index (χ2v) is 8.46. The van der Waals surface area contributed by atoms with Crippen LogP contribution < -0.4 is 10.1 Å². The number of hydrogen-bond acceptors (Lipinski definition) is 2. The molecule has 25 heavy (non-hydrogen) atoms. The lowest BCUT2D eigenvalue weighted by atomic mass is 9.49. The molecule has 4 saturated carbocycles. The molecule has 1 aromatic rings. The molecule has 1 amide bonds. The van der Waals surface area contributed by atoms with Gasteiger partial charge in [0.2, 0.25) is 5.91 Å². The van der Waals surface area contributed by atoms with Crippen molar-refractivity contribution in [1.82, 2.24) is 5.32 Å². The van der Waals surface area contributed by atoms with Crippen molar-refractivity contribution in [2.75, 3.05) is 6.61 Å². The number of carbonyl (C=O) groups excluding carboxylic acids is 1. The normalized spacial score (nSPS) is 34.0. The number of amides is 1. The van der Waals surface area contributed by atoms with E-state index in [1.807, 2.05) is 6.92 Å². The van der Waals surface area contributed by atoms with Gasteiger partial charge < -0.3 is 10.1 Å². The zero-order valence-corrected chi connectivity index (χ0v) is 14.6. The van der Waals surface area contributed by atoms with E-state index in [4.69, 9.17) is 4.74 Å². The first-order valence-corrected chi connectivity index (χ1v) is 9.32. The van der Waals surface area contributed by atoms with Crippen LogP contribution in [0.4, 0.5) is 8.78 Å². The molecule has 1 aromatic carbocycles. The van der Waals surface area contributed by atoms with Crippen molar-refractivity contribution in [2.24, 2.45) is 23.2 Å². The Bertz CT molecular complexity index is 640. The van der Waals surface area contributed by atoms with Crippen LogP contribution in [0.1, 0.15) is 45.4 Å². The lowest BCUT2D eigenvalue weighted by molar-refractivity contribution is -0.147. The number of rotatable bonds is 5. The fourth-order valence-electron chi connectivity index (χ4n) is 5.61. The highest BCUT2D eigenvalue weighted by Crippen LogP contribution is 2.60. The predicted octanol–water partition coefficient (Wildman–Crippen LogP) is 4.06. The van der Waals surface area contributed by atoms with Gasteiger partial charge in [0.05, 0.1) is 6.04 Å². The molecule has 0 saturated heterocycles. The zero-order valence-electron chi connectivity index (χ0n) is 14.6. The third-order valence-corrected chi connectivity index (χ3v) is 6.28. The first-order chi connectivity index (χ1) is 11.9. The summed E-state index contributed by atoms with van der Waals surface area (Å²) in [5.74, 6) is 0.956. The molecule has 4 fully saturated rings. The van der Waals surface area contributed by atoms with Crippen molar-refractivity contribution < 1.29 is 18.3 Å². The molecule has 4 aliphatic carbocycles. The minimum Gasteiger partial charge on any atom is -0.488 e. The largest absolute Gasteiger partial charge is 0.488 e. The van der Waals surface area contributed by atoms with E-state index in [9.17, 15) is 13.6 Å². The van der Waals surface area contributed by atoms with Gasteiger partial charge in [-0.05, 0) is 75.3 Å². The summed E-state index contributed by atoms with van der Waals surface area (Å²) in [4.78, 5) is 12.9. The average molecular weight is 349 g/mol. The van der Waals surface area contributed by atoms with Crippen LogP contribution in [0.2, 0.25) is 0 Å². The minimum absolute atomic E-state index is 0.0114. The molecule has 0 spiro atoms. The van der Waals surface area contributed by atoms with E-state index in [0.717, 1.165) is 49.1 Å². The van der Waals surface area contributed by atoms with Gasteiger partial charge in [0.1, 0.15) is 12.4 Å². The molecule has 136 valence electrons. The molecule has 0 radical (unpaired) electrons. The highest BCUT2D eigenvalue weighted by Gasteiger charge is 2.54. The fourth-order valence-corrected chi connectivity index (χ4v) is 5.61. The van der Waals surface area contributed by atoms with E-state index in [0.29, 0.717) is 0 Å². The number of hydrogen-bond donors (Lipinski definition) is 1. The van der Waals surface area contributed by atoms with E-state index in [1.165, 1.54) is 25.3 Å². The number of halogens is 2. The third kappa shape index (κ3) is 3.25. The molecule has 4 bridgehead atoms. The predicted molar refractivity (Wildman–Crippen MR) is 90.1 cm³/mol. The van der Waals surface area contributed by atoms with Gasteiger partial charge in [-0.3, -0.25) is 4.79 Å². The van der Waals surface area contributed by atoms with E-state index in [-0.39, 0.29) is 29.7 Å². The quantitative estimate of drug-likeness (QED) is 0.870. The molecular formula is C20H25F2NO2. The molecule has 5 heteroatoms. The van der Waals surface area contributed by atoms with Crippen LogP contribution in [-0.2, 0) is 4.79 Å². The maximum atomic E-state index is 13.6. The fraction of sp³-hybridized carbons (Fsp3) is 0.650. The SMILES string of the molecule is CC(COc1ccc(F)cc1F)NC(=O)C12CC3CC(CC(C3)C1)C2. The van der Waals surface area contributed by atoms with Crippen molar-refractivity contribution >= 4 is 5.91 Å². The molecule has 0 aliphatic heterocycles. The monoisotopic (exact) mass is 349 g/mol. The first kappa shape index (κ1) is 16.8. The summed E-state index contributed by atoms with van der Waals surface area (Å²) in [6.07, 6.45) is 6.96. The van der Waals surface area contributed by atoms with Crippen molar-refractivity contribution in [3.05, 3.63) is 29.8 Å². The van der Waals surface area contributed by atoms with Gasteiger partial charge in [-0.1, -0.05) is 0 Å². The van der Waals surface area contributed by atoms with Crippen LogP contribution in [-0.4, -0.2) is 18.6 Å². The minimum atomic E-state index is -0.723. The molecule has 1 N–H and O–H groups in total. The summed E-state index contributed by atoms with van der Waals surface area (Å²) in [6.45, 7) is 2.03. The van der Waals surface area contributed by atoms with E-state index in [1.54, 1.807) is 0 Å². The molecule has 1 atom stereocenters. The molecule has 3 nitrogen and oxygen atoms in total. The van der Waals surface area contributed by atoms with Crippen LogP contribution in [0.5, 0.6) is 5.75 Å². The van der Waals surface area contributed by atoms with Gasteiger partial charge in [0.15, 0.2) is 11.6 Å². The summed E-state index contributed by atoms with van der Waals surface area (Å²) < 4.78 is 32.0. The summed E-state index contributed by atoms with van der Waals surface area (Å²) in [6, 6.07) is 3.02.